The summed E-state index contributed by atoms with van der Waals surface area (Å²) in [6.07, 6.45) is 8.82. The van der Waals surface area contributed by atoms with E-state index in [9.17, 15) is 4.79 Å². The zero-order chi connectivity index (χ0) is 16.3. The Labute approximate surface area is 132 Å². The SMILES string of the molecule is C\C=C(Cl)/N=C\C(=C\CCC)C(=C/N(C)C)\C(=O)OCC. The Balaban J connectivity index is 5.58. The van der Waals surface area contributed by atoms with Crippen molar-refractivity contribution in [3.63, 3.8) is 0 Å². The van der Waals surface area contributed by atoms with Crippen molar-refractivity contribution >= 4 is 23.8 Å². The predicted molar refractivity (Wildman–Crippen MR) is 89.5 cm³/mol. The van der Waals surface area contributed by atoms with Crippen molar-refractivity contribution in [3.8, 4) is 0 Å². The van der Waals surface area contributed by atoms with Gasteiger partial charge in [0.05, 0.1) is 12.2 Å². The van der Waals surface area contributed by atoms with Gasteiger partial charge in [-0.1, -0.05) is 37.1 Å². The molecule has 0 fully saturated rings. The van der Waals surface area contributed by atoms with Crippen LogP contribution in [0.4, 0.5) is 0 Å². The average Bonchev–Trinajstić information content (AvgIpc) is 2.45. The van der Waals surface area contributed by atoms with Crippen LogP contribution in [0.3, 0.4) is 0 Å². The summed E-state index contributed by atoms with van der Waals surface area (Å²) in [5, 5.41) is 0.380. The van der Waals surface area contributed by atoms with Gasteiger partial charge in [-0.15, -0.1) is 0 Å². The Morgan fingerprint density at radius 1 is 1.33 bits per heavy atom. The fourth-order valence-electron chi connectivity index (χ4n) is 1.45. The van der Waals surface area contributed by atoms with Gasteiger partial charge in [-0.25, -0.2) is 9.79 Å². The number of rotatable bonds is 8. The second-order valence-corrected chi connectivity index (χ2v) is 4.93. The molecule has 21 heavy (non-hydrogen) atoms. The van der Waals surface area contributed by atoms with Crippen molar-refractivity contribution in [3.05, 3.63) is 34.7 Å². The first-order valence-electron chi connectivity index (χ1n) is 7.07. The molecule has 0 aliphatic rings. The van der Waals surface area contributed by atoms with E-state index in [-0.39, 0.29) is 5.97 Å². The van der Waals surface area contributed by atoms with Crippen LogP contribution in [0.1, 0.15) is 33.6 Å². The Hall–Kier alpha value is -1.55. The average molecular weight is 313 g/mol. The van der Waals surface area contributed by atoms with Gasteiger partial charge in [0.25, 0.3) is 0 Å². The third-order valence-electron chi connectivity index (χ3n) is 2.41. The number of allylic oxidation sites excluding steroid dienone is 2. The lowest BCUT2D eigenvalue weighted by molar-refractivity contribution is -0.138. The number of hydrogen-bond donors (Lipinski definition) is 0. The molecule has 0 spiro atoms. The Kier molecular flexibility index (Phi) is 10.3. The van der Waals surface area contributed by atoms with Gasteiger partial charge >= 0.3 is 5.97 Å². The highest BCUT2D eigenvalue weighted by Gasteiger charge is 2.15. The summed E-state index contributed by atoms with van der Waals surface area (Å²) in [5.74, 6) is -0.364. The number of ether oxygens (including phenoxy) is 1. The van der Waals surface area contributed by atoms with E-state index in [0.29, 0.717) is 22.9 Å². The van der Waals surface area contributed by atoms with Crippen molar-refractivity contribution in [2.45, 2.75) is 33.6 Å². The van der Waals surface area contributed by atoms with Gasteiger partial charge in [0.15, 0.2) is 0 Å². The van der Waals surface area contributed by atoms with Gasteiger partial charge in [-0.05, 0) is 20.3 Å². The lowest BCUT2D eigenvalue weighted by Crippen LogP contribution is -2.14. The van der Waals surface area contributed by atoms with E-state index < -0.39 is 0 Å². The monoisotopic (exact) mass is 312 g/mol. The van der Waals surface area contributed by atoms with Crippen LogP contribution in [0.25, 0.3) is 0 Å². The molecule has 0 unspecified atom stereocenters. The van der Waals surface area contributed by atoms with E-state index in [4.69, 9.17) is 16.3 Å². The smallest absolute Gasteiger partial charge is 0.340 e. The normalized spacial score (nSPS) is 13.7. The van der Waals surface area contributed by atoms with Crippen molar-refractivity contribution < 1.29 is 9.53 Å². The molecule has 0 aromatic carbocycles. The molecule has 0 aliphatic heterocycles. The van der Waals surface area contributed by atoms with E-state index in [0.717, 1.165) is 12.8 Å². The molecule has 5 heteroatoms. The number of carbonyl (C=O) groups is 1. The predicted octanol–water partition coefficient (Wildman–Crippen LogP) is 3.89. The third kappa shape index (κ3) is 8.35. The molecule has 0 aromatic heterocycles. The van der Waals surface area contributed by atoms with E-state index in [1.807, 2.05) is 20.2 Å². The summed E-state index contributed by atoms with van der Waals surface area (Å²) < 4.78 is 5.12. The number of nitrogens with zero attached hydrogens (tertiary/aromatic N) is 2. The van der Waals surface area contributed by atoms with Gasteiger partial charge in [-0.3, -0.25) is 0 Å². The molecule has 0 aromatic rings. The maximum absolute atomic E-state index is 12.1. The van der Waals surface area contributed by atoms with Crippen LogP contribution >= 0.6 is 11.6 Å². The summed E-state index contributed by atoms with van der Waals surface area (Å²) in [7, 11) is 3.71. The van der Waals surface area contributed by atoms with Gasteiger partial charge in [0.2, 0.25) is 0 Å². The highest BCUT2D eigenvalue weighted by Crippen LogP contribution is 2.14. The Bertz CT molecular complexity index is 449. The van der Waals surface area contributed by atoms with Crippen LogP contribution in [-0.4, -0.2) is 37.8 Å². The van der Waals surface area contributed by atoms with Gasteiger partial charge in [0, 0.05) is 32.1 Å². The van der Waals surface area contributed by atoms with E-state index in [1.54, 1.807) is 37.2 Å². The zero-order valence-electron chi connectivity index (χ0n) is 13.5. The fraction of sp³-hybridized carbons (Fsp3) is 0.500. The number of halogens is 1. The molecule has 0 bridgehead atoms. The van der Waals surface area contributed by atoms with Gasteiger partial charge in [-0.2, -0.15) is 0 Å². The molecule has 4 nitrogen and oxygen atoms in total. The second kappa shape index (κ2) is 11.1. The molecule has 0 atom stereocenters. The Morgan fingerprint density at radius 2 is 2.00 bits per heavy atom. The number of esters is 1. The summed E-state index contributed by atoms with van der Waals surface area (Å²) in [4.78, 5) is 18.1. The van der Waals surface area contributed by atoms with Crippen LogP contribution in [0.2, 0.25) is 0 Å². The van der Waals surface area contributed by atoms with E-state index >= 15 is 0 Å². The van der Waals surface area contributed by atoms with Crippen LogP contribution in [0, 0.1) is 0 Å². The van der Waals surface area contributed by atoms with E-state index in [1.165, 1.54) is 0 Å². The summed E-state index contributed by atoms with van der Waals surface area (Å²) in [5.41, 5.74) is 1.18. The quantitative estimate of drug-likeness (QED) is 0.224. The minimum atomic E-state index is -0.364. The van der Waals surface area contributed by atoms with Crippen LogP contribution in [0.5, 0.6) is 0 Å². The maximum Gasteiger partial charge on any atom is 0.340 e. The van der Waals surface area contributed by atoms with E-state index in [2.05, 4.69) is 11.9 Å². The molecular formula is C16H25ClN2O2. The second-order valence-electron chi connectivity index (χ2n) is 4.54. The Morgan fingerprint density at radius 3 is 2.48 bits per heavy atom. The number of carbonyl (C=O) groups excluding carboxylic acids is 1. The molecule has 0 amide bonds. The highest BCUT2D eigenvalue weighted by atomic mass is 35.5. The standard InChI is InChI=1S/C16H25ClN2O2/c1-6-9-10-13(11-18-15(17)7-2)14(12-19(4)5)16(20)21-8-3/h7,10-12H,6,8-9H2,1-5H3/b13-10-,14-12+,15-7-,18-11-. The lowest BCUT2D eigenvalue weighted by atomic mass is 10.1. The number of hydrogen-bond acceptors (Lipinski definition) is 4. The first-order valence-corrected chi connectivity index (χ1v) is 7.45. The molecular weight excluding hydrogens is 288 g/mol. The maximum atomic E-state index is 12.1. The minimum Gasteiger partial charge on any atom is -0.462 e. The number of unbranched alkanes of at least 4 members (excludes halogenated alkanes) is 1. The third-order valence-corrected chi connectivity index (χ3v) is 2.73. The molecule has 0 saturated heterocycles. The van der Waals surface area contributed by atoms with Gasteiger partial charge < -0.3 is 9.64 Å². The van der Waals surface area contributed by atoms with Crippen LogP contribution < -0.4 is 0 Å². The largest absolute Gasteiger partial charge is 0.462 e. The van der Waals surface area contributed by atoms with Crippen LogP contribution in [0.15, 0.2) is 39.6 Å². The van der Waals surface area contributed by atoms with Crippen molar-refractivity contribution in [1.29, 1.82) is 0 Å². The fourth-order valence-corrected chi connectivity index (χ4v) is 1.50. The van der Waals surface area contributed by atoms with Crippen LogP contribution in [-0.2, 0) is 9.53 Å². The molecule has 0 heterocycles. The zero-order valence-corrected chi connectivity index (χ0v) is 14.3. The molecule has 0 saturated carbocycles. The minimum absolute atomic E-state index is 0.331. The van der Waals surface area contributed by atoms with Crippen molar-refractivity contribution in [1.82, 2.24) is 4.90 Å². The van der Waals surface area contributed by atoms with Crippen molar-refractivity contribution in [2.24, 2.45) is 4.99 Å². The summed E-state index contributed by atoms with van der Waals surface area (Å²) in [6, 6.07) is 0. The summed E-state index contributed by atoms with van der Waals surface area (Å²) >= 11 is 5.88. The first kappa shape index (κ1) is 19.4. The lowest BCUT2D eigenvalue weighted by Gasteiger charge is -2.12. The molecule has 0 rings (SSSR count). The molecule has 118 valence electrons. The molecule has 0 radical (unpaired) electrons. The van der Waals surface area contributed by atoms with Gasteiger partial charge in [0.1, 0.15) is 5.16 Å². The van der Waals surface area contributed by atoms with Crippen molar-refractivity contribution in [2.75, 3.05) is 20.7 Å². The highest BCUT2D eigenvalue weighted by molar-refractivity contribution is 6.29. The summed E-state index contributed by atoms with van der Waals surface area (Å²) in [6.45, 7) is 5.99. The first-order chi connectivity index (χ1) is 9.96. The number of aliphatic imine (C=N–C) groups is 1. The topological polar surface area (TPSA) is 41.9 Å². The molecule has 0 N–H and O–H groups in total. The molecule has 0 aliphatic carbocycles.